The van der Waals surface area contributed by atoms with Gasteiger partial charge in [0.15, 0.2) is 16.8 Å². The first-order valence-corrected chi connectivity index (χ1v) is 10.5. The zero-order chi connectivity index (χ0) is 20.8. The first-order valence-electron chi connectivity index (χ1n) is 9.64. The Morgan fingerprint density at radius 1 is 1.20 bits per heavy atom. The lowest BCUT2D eigenvalue weighted by atomic mass is 10.1. The summed E-state index contributed by atoms with van der Waals surface area (Å²) in [4.78, 5) is 32.8. The van der Waals surface area contributed by atoms with Crippen molar-refractivity contribution in [1.29, 1.82) is 0 Å². The smallest absolute Gasteiger partial charge is 0.268 e. The normalized spacial score (nSPS) is 15.9. The van der Waals surface area contributed by atoms with Crippen LogP contribution in [0.15, 0.2) is 60.2 Å². The summed E-state index contributed by atoms with van der Waals surface area (Å²) in [5, 5.41) is 1.98. The third-order valence-corrected chi connectivity index (χ3v) is 6.00. The second kappa shape index (κ2) is 7.11. The summed E-state index contributed by atoms with van der Waals surface area (Å²) in [5.74, 6) is 0.242. The van der Waals surface area contributed by atoms with E-state index in [1.165, 1.54) is 4.90 Å². The number of hydrogen-bond acceptors (Lipinski definition) is 5. The van der Waals surface area contributed by atoms with Crippen LogP contribution in [-0.2, 0) is 4.79 Å². The molecular weight excluding hydrogens is 398 g/mol. The minimum absolute atomic E-state index is 0.0374. The van der Waals surface area contributed by atoms with Gasteiger partial charge in [-0.25, -0.2) is 4.98 Å². The highest BCUT2D eigenvalue weighted by Gasteiger charge is 2.33. The molecule has 5 rings (SSSR count). The molecule has 0 saturated heterocycles. The number of nitrogens with zero attached hydrogens (tertiary/aromatic N) is 3. The SMILES string of the molecule is Cc1ccc(C(=O)CN2C(=O)C(C)Oc3ccc(-c4cn5ccsc5n4)cc32)cc1. The molecule has 1 unspecified atom stereocenters. The molecule has 0 aliphatic carbocycles. The van der Waals surface area contributed by atoms with Gasteiger partial charge in [0.05, 0.1) is 17.9 Å². The van der Waals surface area contributed by atoms with E-state index in [4.69, 9.17) is 4.74 Å². The Hall–Kier alpha value is -3.45. The molecule has 3 heterocycles. The van der Waals surface area contributed by atoms with Gasteiger partial charge in [0.25, 0.3) is 5.91 Å². The van der Waals surface area contributed by atoms with Crippen molar-refractivity contribution in [2.45, 2.75) is 20.0 Å². The van der Waals surface area contributed by atoms with E-state index in [2.05, 4.69) is 4.98 Å². The van der Waals surface area contributed by atoms with Gasteiger partial charge < -0.3 is 4.74 Å². The van der Waals surface area contributed by atoms with Crippen LogP contribution in [0, 0.1) is 6.92 Å². The number of thiazole rings is 1. The Morgan fingerprint density at radius 2 is 2.00 bits per heavy atom. The van der Waals surface area contributed by atoms with E-state index in [0.717, 1.165) is 21.8 Å². The number of ether oxygens (including phenoxy) is 1. The summed E-state index contributed by atoms with van der Waals surface area (Å²) in [7, 11) is 0. The molecule has 0 saturated carbocycles. The van der Waals surface area contributed by atoms with Crippen LogP contribution in [0.3, 0.4) is 0 Å². The average molecular weight is 417 g/mol. The van der Waals surface area contributed by atoms with Gasteiger partial charge in [-0.05, 0) is 32.0 Å². The molecule has 2 aromatic carbocycles. The fourth-order valence-corrected chi connectivity index (χ4v) is 4.27. The van der Waals surface area contributed by atoms with Crippen molar-refractivity contribution in [2.75, 3.05) is 11.4 Å². The van der Waals surface area contributed by atoms with Crippen LogP contribution in [0.4, 0.5) is 5.69 Å². The van der Waals surface area contributed by atoms with Crippen LogP contribution in [-0.4, -0.2) is 33.7 Å². The van der Waals surface area contributed by atoms with E-state index < -0.39 is 6.10 Å². The molecule has 0 spiro atoms. The van der Waals surface area contributed by atoms with E-state index in [0.29, 0.717) is 17.0 Å². The van der Waals surface area contributed by atoms with Gasteiger partial charge in [-0.3, -0.25) is 18.9 Å². The van der Waals surface area contributed by atoms with Crippen molar-refractivity contribution in [3.63, 3.8) is 0 Å². The van der Waals surface area contributed by atoms with Gasteiger partial charge in [0, 0.05) is 28.9 Å². The van der Waals surface area contributed by atoms with Crippen molar-refractivity contribution in [1.82, 2.24) is 9.38 Å². The van der Waals surface area contributed by atoms with E-state index >= 15 is 0 Å². The predicted molar refractivity (Wildman–Crippen MR) is 116 cm³/mol. The minimum Gasteiger partial charge on any atom is -0.479 e. The van der Waals surface area contributed by atoms with Crippen LogP contribution >= 0.6 is 11.3 Å². The monoisotopic (exact) mass is 417 g/mol. The van der Waals surface area contributed by atoms with Crippen LogP contribution < -0.4 is 9.64 Å². The lowest BCUT2D eigenvalue weighted by Gasteiger charge is -2.33. The maximum absolute atomic E-state index is 12.9. The highest BCUT2D eigenvalue weighted by molar-refractivity contribution is 7.15. The molecular formula is C23H19N3O3S. The second-order valence-electron chi connectivity index (χ2n) is 7.38. The predicted octanol–water partition coefficient (Wildman–Crippen LogP) is 4.37. The van der Waals surface area contributed by atoms with E-state index in [-0.39, 0.29) is 18.2 Å². The topological polar surface area (TPSA) is 63.9 Å². The number of benzene rings is 2. The fraction of sp³-hybridized carbons (Fsp3) is 0.174. The number of anilines is 1. The van der Waals surface area contributed by atoms with Crippen molar-refractivity contribution in [3.8, 4) is 17.0 Å². The third-order valence-electron chi connectivity index (χ3n) is 5.23. The summed E-state index contributed by atoms with van der Waals surface area (Å²) in [6.45, 7) is 3.63. The van der Waals surface area contributed by atoms with Crippen molar-refractivity contribution in [2.24, 2.45) is 0 Å². The van der Waals surface area contributed by atoms with Gasteiger partial charge >= 0.3 is 0 Å². The van der Waals surface area contributed by atoms with Crippen molar-refractivity contribution >= 4 is 33.7 Å². The summed E-state index contributed by atoms with van der Waals surface area (Å²) >= 11 is 1.56. The number of ketones is 1. The maximum atomic E-state index is 12.9. The molecule has 0 radical (unpaired) electrons. The number of aryl methyl sites for hydroxylation is 1. The number of amides is 1. The molecule has 1 aliphatic rings. The van der Waals surface area contributed by atoms with Gasteiger partial charge in [-0.1, -0.05) is 29.8 Å². The van der Waals surface area contributed by atoms with Crippen LogP contribution in [0.1, 0.15) is 22.8 Å². The number of fused-ring (bicyclic) bond motifs is 2. The molecule has 4 aromatic rings. The van der Waals surface area contributed by atoms with Crippen LogP contribution in [0.2, 0.25) is 0 Å². The molecule has 2 aromatic heterocycles. The average Bonchev–Trinajstić information content (AvgIpc) is 3.34. The van der Waals surface area contributed by atoms with Crippen molar-refractivity contribution in [3.05, 3.63) is 71.4 Å². The Kier molecular flexibility index (Phi) is 4.40. The number of carbonyl (C=O) groups is 2. The van der Waals surface area contributed by atoms with Crippen molar-refractivity contribution < 1.29 is 14.3 Å². The zero-order valence-corrected chi connectivity index (χ0v) is 17.3. The lowest BCUT2D eigenvalue weighted by molar-refractivity contribution is -0.125. The molecule has 1 atom stereocenters. The largest absolute Gasteiger partial charge is 0.479 e. The lowest BCUT2D eigenvalue weighted by Crippen LogP contribution is -2.46. The maximum Gasteiger partial charge on any atom is 0.268 e. The summed E-state index contributed by atoms with van der Waals surface area (Å²) in [5.41, 5.74) is 3.92. The Labute approximate surface area is 177 Å². The number of carbonyl (C=O) groups excluding carboxylic acids is 2. The first kappa shape index (κ1) is 18.6. The molecule has 150 valence electrons. The molecule has 0 fully saturated rings. The molecule has 1 aliphatic heterocycles. The number of hydrogen-bond donors (Lipinski definition) is 0. The van der Waals surface area contributed by atoms with E-state index in [9.17, 15) is 9.59 Å². The summed E-state index contributed by atoms with van der Waals surface area (Å²) in [6, 6.07) is 13.0. The fourth-order valence-electron chi connectivity index (χ4n) is 3.57. The van der Waals surface area contributed by atoms with Gasteiger partial charge in [-0.15, -0.1) is 11.3 Å². The minimum atomic E-state index is -0.646. The van der Waals surface area contributed by atoms with Gasteiger partial charge in [0.2, 0.25) is 0 Å². The van der Waals surface area contributed by atoms with Crippen LogP contribution in [0.25, 0.3) is 16.2 Å². The number of Topliss-reactive ketones (excluding diaryl/α,β-unsaturated/α-hetero) is 1. The van der Waals surface area contributed by atoms with Crippen LogP contribution in [0.5, 0.6) is 5.75 Å². The van der Waals surface area contributed by atoms with E-state index in [1.807, 2.05) is 59.4 Å². The molecule has 7 heteroatoms. The van der Waals surface area contributed by atoms with E-state index in [1.54, 1.807) is 30.4 Å². The molecule has 6 nitrogen and oxygen atoms in total. The first-order chi connectivity index (χ1) is 14.5. The van der Waals surface area contributed by atoms with Gasteiger partial charge in [-0.2, -0.15) is 0 Å². The number of imidazole rings is 1. The summed E-state index contributed by atoms with van der Waals surface area (Å²) < 4.78 is 7.75. The highest BCUT2D eigenvalue weighted by atomic mass is 32.1. The van der Waals surface area contributed by atoms with Gasteiger partial charge in [0.1, 0.15) is 5.75 Å². The molecule has 30 heavy (non-hydrogen) atoms. The highest BCUT2D eigenvalue weighted by Crippen LogP contribution is 2.37. The standard InChI is InChI=1S/C23H19N3O3S/c1-14-3-5-16(6-4-14)20(27)13-26-19-11-17(7-8-21(19)29-15(2)22(26)28)18-12-25-9-10-30-23(25)24-18/h3-12,15H,13H2,1-2H3. The second-order valence-corrected chi connectivity index (χ2v) is 8.25. The Balaban J connectivity index is 1.51. The Morgan fingerprint density at radius 3 is 2.77 bits per heavy atom. The number of rotatable bonds is 4. The molecule has 1 amide bonds. The molecule has 0 N–H and O–H groups in total. The quantitative estimate of drug-likeness (QED) is 0.463. The number of aromatic nitrogens is 2. The third kappa shape index (κ3) is 3.17. The summed E-state index contributed by atoms with van der Waals surface area (Å²) in [6.07, 6.45) is 3.26. The zero-order valence-electron chi connectivity index (χ0n) is 16.5. The Bertz CT molecular complexity index is 1240. The molecule has 0 bridgehead atoms.